The van der Waals surface area contributed by atoms with E-state index in [0.29, 0.717) is 11.7 Å². The molecule has 0 spiro atoms. The minimum Gasteiger partial charge on any atom is -0.338 e. The van der Waals surface area contributed by atoms with Gasteiger partial charge in [0, 0.05) is 5.92 Å². The van der Waals surface area contributed by atoms with E-state index in [0.717, 1.165) is 38.5 Å². The Balaban J connectivity index is 1.81. The molecule has 0 aromatic carbocycles. The second kappa shape index (κ2) is 4.33. The summed E-state index contributed by atoms with van der Waals surface area (Å²) in [5.74, 6) is 1.34. The zero-order valence-corrected chi connectivity index (χ0v) is 11.3. The zero-order chi connectivity index (χ0) is 12.8. The van der Waals surface area contributed by atoms with E-state index in [1.54, 1.807) is 6.92 Å². The summed E-state index contributed by atoms with van der Waals surface area (Å²) >= 11 is 0. The molecule has 1 atom stereocenters. The molecule has 18 heavy (non-hydrogen) atoms. The van der Waals surface area contributed by atoms with Gasteiger partial charge in [0.15, 0.2) is 15.7 Å². The second-order valence-corrected chi connectivity index (χ2v) is 7.95. The van der Waals surface area contributed by atoms with Crippen molar-refractivity contribution in [1.82, 2.24) is 10.1 Å². The number of hydrogen-bond donors (Lipinski definition) is 0. The van der Waals surface area contributed by atoms with E-state index < -0.39 is 15.1 Å². The van der Waals surface area contributed by atoms with Crippen LogP contribution < -0.4 is 0 Å². The van der Waals surface area contributed by atoms with E-state index in [-0.39, 0.29) is 11.1 Å². The van der Waals surface area contributed by atoms with Gasteiger partial charge in [0.05, 0.1) is 5.25 Å². The van der Waals surface area contributed by atoms with Crippen LogP contribution in [0.1, 0.15) is 68.3 Å². The fraction of sp³-hybridized carbons (Fsp3) is 0.833. The third kappa shape index (κ3) is 2.06. The molecule has 0 amide bonds. The van der Waals surface area contributed by atoms with Crippen LogP contribution in [0, 0.1) is 0 Å². The number of nitrogens with zero attached hydrogens (tertiary/aromatic N) is 2. The molecule has 5 nitrogen and oxygen atoms in total. The molecular weight excluding hydrogens is 252 g/mol. The number of hydrogen-bond acceptors (Lipinski definition) is 5. The van der Waals surface area contributed by atoms with Crippen LogP contribution in [0.3, 0.4) is 0 Å². The van der Waals surface area contributed by atoms with Crippen molar-refractivity contribution in [2.45, 2.75) is 61.9 Å². The van der Waals surface area contributed by atoms with Gasteiger partial charge in [-0.3, -0.25) is 0 Å². The molecule has 0 N–H and O–H groups in total. The Bertz CT molecular complexity index is 527. The first-order valence-corrected chi connectivity index (χ1v) is 8.26. The monoisotopic (exact) mass is 270 g/mol. The molecule has 0 aliphatic heterocycles. The molecular formula is C12H18N2O3S. The summed E-state index contributed by atoms with van der Waals surface area (Å²) in [7, 11) is -3.18. The van der Waals surface area contributed by atoms with E-state index in [1.807, 2.05) is 0 Å². The lowest BCUT2D eigenvalue weighted by Crippen LogP contribution is -2.23. The summed E-state index contributed by atoms with van der Waals surface area (Å²) in [6.07, 6.45) is 5.74. The molecule has 0 bridgehead atoms. The molecule has 6 heteroatoms. The lowest BCUT2D eigenvalue weighted by molar-refractivity contribution is 0.370. The van der Waals surface area contributed by atoms with Crippen molar-refractivity contribution in [3.05, 3.63) is 11.7 Å². The van der Waals surface area contributed by atoms with Crippen LogP contribution in [0.2, 0.25) is 0 Å². The lowest BCUT2D eigenvalue weighted by atomic mass is 10.4. The predicted octanol–water partition coefficient (Wildman–Crippen LogP) is 2.37. The lowest BCUT2D eigenvalue weighted by Gasteiger charge is -2.14. The Morgan fingerprint density at radius 2 is 1.89 bits per heavy atom. The van der Waals surface area contributed by atoms with Gasteiger partial charge in [-0.2, -0.15) is 4.98 Å². The quantitative estimate of drug-likeness (QED) is 0.839. The van der Waals surface area contributed by atoms with Crippen LogP contribution in [0.4, 0.5) is 0 Å². The van der Waals surface area contributed by atoms with Gasteiger partial charge in [-0.25, -0.2) is 8.42 Å². The molecule has 100 valence electrons. The van der Waals surface area contributed by atoms with Crippen molar-refractivity contribution in [1.29, 1.82) is 0 Å². The zero-order valence-electron chi connectivity index (χ0n) is 10.5. The number of aromatic nitrogens is 2. The Morgan fingerprint density at radius 3 is 2.50 bits per heavy atom. The first-order valence-electron chi connectivity index (χ1n) is 6.65. The molecule has 2 aliphatic carbocycles. The van der Waals surface area contributed by atoms with Crippen molar-refractivity contribution in [3.8, 4) is 0 Å². The smallest absolute Gasteiger partial charge is 0.244 e. The maximum absolute atomic E-state index is 12.4. The van der Waals surface area contributed by atoms with Crippen LogP contribution in [0.15, 0.2) is 4.52 Å². The molecule has 1 heterocycles. The van der Waals surface area contributed by atoms with Crippen LogP contribution >= 0.6 is 0 Å². The van der Waals surface area contributed by atoms with Gasteiger partial charge in [-0.15, -0.1) is 0 Å². The minimum absolute atomic E-state index is 0.219. The molecule has 0 unspecified atom stereocenters. The maximum atomic E-state index is 12.4. The fourth-order valence-corrected chi connectivity index (χ4v) is 4.51. The Kier molecular flexibility index (Phi) is 2.92. The second-order valence-electron chi connectivity index (χ2n) is 5.40. The number of rotatable bonds is 4. The first-order chi connectivity index (χ1) is 8.59. The SMILES string of the molecule is C[C@H](c1nc(C2CC2)no1)S(=O)(=O)C1CCCC1. The van der Waals surface area contributed by atoms with Gasteiger partial charge in [0.25, 0.3) is 0 Å². The third-order valence-electron chi connectivity index (χ3n) is 4.01. The minimum atomic E-state index is -3.18. The molecule has 2 fully saturated rings. The molecule has 2 aliphatic rings. The molecule has 0 radical (unpaired) electrons. The standard InChI is InChI=1S/C12H18N2O3S/c1-8(18(15,16)10-4-2-3-5-10)12-13-11(14-17-12)9-6-7-9/h8-10H,2-7H2,1H3/t8-/m1/s1. The van der Waals surface area contributed by atoms with Crippen LogP contribution in [-0.2, 0) is 9.84 Å². The van der Waals surface area contributed by atoms with Crippen molar-refractivity contribution in [2.75, 3.05) is 0 Å². The normalized spacial score (nSPS) is 23.4. The number of sulfone groups is 1. The summed E-state index contributed by atoms with van der Waals surface area (Å²) < 4.78 is 29.9. The summed E-state index contributed by atoms with van der Waals surface area (Å²) in [5.41, 5.74) is 0. The molecule has 0 saturated heterocycles. The van der Waals surface area contributed by atoms with Crippen LogP contribution in [0.5, 0.6) is 0 Å². The fourth-order valence-electron chi connectivity index (χ4n) is 2.57. The van der Waals surface area contributed by atoms with E-state index in [9.17, 15) is 8.42 Å². The van der Waals surface area contributed by atoms with E-state index in [2.05, 4.69) is 10.1 Å². The van der Waals surface area contributed by atoms with E-state index in [4.69, 9.17) is 4.52 Å². The molecule has 1 aromatic heterocycles. The highest BCUT2D eigenvalue weighted by Crippen LogP contribution is 2.39. The van der Waals surface area contributed by atoms with Gasteiger partial charge in [0.1, 0.15) is 5.25 Å². The van der Waals surface area contributed by atoms with Crippen molar-refractivity contribution in [3.63, 3.8) is 0 Å². The van der Waals surface area contributed by atoms with Gasteiger partial charge in [-0.1, -0.05) is 18.0 Å². The summed E-state index contributed by atoms with van der Waals surface area (Å²) in [6.45, 7) is 1.66. The average Bonchev–Trinajstić information content (AvgIpc) is 2.88. The molecule has 1 aromatic rings. The Labute approximate surface area is 107 Å². The summed E-state index contributed by atoms with van der Waals surface area (Å²) in [5, 5.41) is 3.00. The third-order valence-corrected chi connectivity index (χ3v) is 6.60. The highest BCUT2D eigenvalue weighted by atomic mass is 32.2. The summed E-state index contributed by atoms with van der Waals surface area (Å²) in [6, 6.07) is 0. The Morgan fingerprint density at radius 1 is 1.22 bits per heavy atom. The van der Waals surface area contributed by atoms with Gasteiger partial charge < -0.3 is 4.52 Å². The van der Waals surface area contributed by atoms with Gasteiger partial charge in [-0.05, 0) is 32.6 Å². The van der Waals surface area contributed by atoms with Crippen molar-refractivity contribution >= 4 is 9.84 Å². The van der Waals surface area contributed by atoms with E-state index >= 15 is 0 Å². The van der Waals surface area contributed by atoms with Gasteiger partial charge in [0.2, 0.25) is 5.89 Å². The van der Waals surface area contributed by atoms with Crippen LogP contribution in [0.25, 0.3) is 0 Å². The topological polar surface area (TPSA) is 73.1 Å². The maximum Gasteiger partial charge on any atom is 0.244 e. The van der Waals surface area contributed by atoms with Crippen LogP contribution in [-0.4, -0.2) is 23.8 Å². The van der Waals surface area contributed by atoms with E-state index in [1.165, 1.54) is 0 Å². The predicted molar refractivity (Wildman–Crippen MR) is 65.9 cm³/mol. The first kappa shape index (κ1) is 12.1. The highest BCUT2D eigenvalue weighted by Gasteiger charge is 2.38. The molecule has 2 saturated carbocycles. The summed E-state index contributed by atoms with van der Waals surface area (Å²) in [4.78, 5) is 4.25. The van der Waals surface area contributed by atoms with Crippen molar-refractivity contribution in [2.24, 2.45) is 0 Å². The van der Waals surface area contributed by atoms with Crippen molar-refractivity contribution < 1.29 is 12.9 Å². The van der Waals surface area contributed by atoms with Gasteiger partial charge >= 0.3 is 0 Å². The Hall–Kier alpha value is -0.910. The average molecular weight is 270 g/mol. The highest BCUT2D eigenvalue weighted by molar-refractivity contribution is 7.92. The molecule has 3 rings (SSSR count). The largest absolute Gasteiger partial charge is 0.338 e.